The van der Waals surface area contributed by atoms with Crippen molar-refractivity contribution in [1.82, 2.24) is 4.90 Å². The number of aliphatic hydroxyl groups is 1. The molecule has 1 N–H and O–H groups in total. The lowest BCUT2D eigenvalue weighted by Crippen LogP contribution is -2.45. The van der Waals surface area contributed by atoms with Crippen LogP contribution in [0.4, 0.5) is 4.79 Å². The van der Waals surface area contributed by atoms with Gasteiger partial charge < -0.3 is 19.5 Å². The lowest BCUT2D eigenvalue weighted by molar-refractivity contribution is -0.0256. The van der Waals surface area contributed by atoms with Gasteiger partial charge in [0, 0.05) is 23.5 Å². The second kappa shape index (κ2) is 7.45. The average molecular weight is 361 g/mol. The molecule has 134 valence electrons. The standard InChI is InChI=1S/C19H23NO4S/c1-14-16(12-17(23-2)25-14)19(22)8-10-20(11-9-19)18(21)24-13-15-6-4-3-5-7-15/h3-7,12,22H,8-11,13H2,1-2H3. The van der Waals surface area contributed by atoms with Crippen molar-refractivity contribution in [2.45, 2.75) is 32.0 Å². The van der Waals surface area contributed by atoms with Gasteiger partial charge in [-0.25, -0.2) is 4.79 Å². The Kier molecular flexibility index (Phi) is 5.30. The van der Waals surface area contributed by atoms with Crippen LogP contribution in [-0.4, -0.2) is 36.3 Å². The van der Waals surface area contributed by atoms with E-state index in [9.17, 15) is 9.90 Å². The van der Waals surface area contributed by atoms with Gasteiger partial charge in [-0.05, 0) is 31.4 Å². The monoisotopic (exact) mass is 361 g/mol. The first kappa shape index (κ1) is 17.8. The number of carbonyl (C=O) groups excluding carboxylic acids is 1. The number of aryl methyl sites for hydroxylation is 1. The fourth-order valence-electron chi connectivity index (χ4n) is 3.16. The maximum absolute atomic E-state index is 12.2. The number of carbonyl (C=O) groups is 1. The Bertz CT molecular complexity index is 720. The third-order valence-electron chi connectivity index (χ3n) is 4.65. The maximum atomic E-state index is 12.2. The first-order valence-electron chi connectivity index (χ1n) is 8.35. The average Bonchev–Trinajstić information content (AvgIpc) is 3.03. The highest BCUT2D eigenvalue weighted by Crippen LogP contribution is 2.40. The van der Waals surface area contributed by atoms with E-state index in [0.29, 0.717) is 25.9 Å². The van der Waals surface area contributed by atoms with E-state index in [2.05, 4.69) is 0 Å². The van der Waals surface area contributed by atoms with Gasteiger partial charge in [0.15, 0.2) is 5.06 Å². The molecule has 1 fully saturated rings. The largest absolute Gasteiger partial charge is 0.487 e. The Balaban J connectivity index is 1.57. The summed E-state index contributed by atoms with van der Waals surface area (Å²) in [6.45, 7) is 3.20. The summed E-state index contributed by atoms with van der Waals surface area (Å²) in [5.41, 5.74) is 0.963. The minimum Gasteiger partial charge on any atom is -0.487 e. The van der Waals surface area contributed by atoms with Crippen LogP contribution in [0.1, 0.15) is 28.8 Å². The van der Waals surface area contributed by atoms with Crippen LogP contribution in [-0.2, 0) is 16.9 Å². The van der Waals surface area contributed by atoms with Crippen molar-refractivity contribution in [2.24, 2.45) is 0 Å². The third kappa shape index (κ3) is 3.96. The van der Waals surface area contributed by atoms with Gasteiger partial charge in [-0.1, -0.05) is 30.3 Å². The SMILES string of the molecule is COc1cc(C2(O)CCN(C(=O)OCc3ccccc3)CC2)c(C)s1. The van der Waals surface area contributed by atoms with E-state index in [-0.39, 0.29) is 12.7 Å². The summed E-state index contributed by atoms with van der Waals surface area (Å²) in [6, 6.07) is 11.5. The summed E-state index contributed by atoms with van der Waals surface area (Å²) in [4.78, 5) is 15.0. The Hall–Kier alpha value is -2.05. The molecule has 1 aromatic carbocycles. The molecule has 1 amide bonds. The zero-order chi connectivity index (χ0) is 17.9. The van der Waals surface area contributed by atoms with Gasteiger partial charge in [0.1, 0.15) is 6.61 Å². The van der Waals surface area contributed by atoms with Gasteiger partial charge in [-0.3, -0.25) is 0 Å². The molecule has 0 bridgehead atoms. The molecule has 5 nitrogen and oxygen atoms in total. The molecule has 2 heterocycles. The molecule has 0 atom stereocenters. The fourth-order valence-corrected chi connectivity index (χ4v) is 4.08. The van der Waals surface area contributed by atoms with Gasteiger partial charge in [0.25, 0.3) is 0 Å². The predicted molar refractivity (Wildman–Crippen MR) is 96.9 cm³/mol. The van der Waals surface area contributed by atoms with Gasteiger partial charge >= 0.3 is 6.09 Å². The van der Waals surface area contributed by atoms with Crippen LogP contribution in [0.3, 0.4) is 0 Å². The fraction of sp³-hybridized carbons (Fsp3) is 0.421. The van der Waals surface area contributed by atoms with Crippen LogP contribution in [0, 0.1) is 6.92 Å². The van der Waals surface area contributed by atoms with Crippen LogP contribution < -0.4 is 4.74 Å². The number of likely N-dealkylation sites (tertiary alicyclic amines) is 1. The van der Waals surface area contributed by atoms with Gasteiger partial charge in [-0.15, -0.1) is 11.3 Å². The molecule has 2 aromatic rings. The quantitative estimate of drug-likeness (QED) is 0.902. The molecule has 1 aliphatic rings. The van der Waals surface area contributed by atoms with E-state index < -0.39 is 5.60 Å². The number of hydrogen-bond acceptors (Lipinski definition) is 5. The van der Waals surface area contributed by atoms with E-state index >= 15 is 0 Å². The summed E-state index contributed by atoms with van der Waals surface area (Å²) in [7, 11) is 1.63. The highest BCUT2D eigenvalue weighted by molar-refractivity contribution is 7.13. The molecular formula is C19H23NO4S. The Morgan fingerprint density at radius 3 is 2.56 bits per heavy atom. The number of ether oxygens (including phenoxy) is 2. The predicted octanol–water partition coefficient (Wildman–Crippen LogP) is 3.69. The third-order valence-corrected chi connectivity index (χ3v) is 5.66. The van der Waals surface area contributed by atoms with E-state index in [4.69, 9.17) is 9.47 Å². The van der Waals surface area contributed by atoms with Crippen LogP contribution >= 0.6 is 11.3 Å². The zero-order valence-electron chi connectivity index (χ0n) is 14.5. The molecule has 1 aliphatic heterocycles. The van der Waals surface area contributed by atoms with Gasteiger partial charge in [0.2, 0.25) is 0 Å². The van der Waals surface area contributed by atoms with E-state index in [1.54, 1.807) is 12.0 Å². The molecule has 25 heavy (non-hydrogen) atoms. The second-order valence-corrected chi connectivity index (χ2v) is 7.52. The Morgan fingerprint density at radius 2 is 1.96 bits per heavy atom. The number of benzene rings is 1. The molecule has 6 heteroatoms. The van der Waals surface area contributed by atoms with Crippen molar-refractivity contribution in [3.63, 3.8) is 0 Å². The maximum Gasteiger partial charge on any atom is 0.410 e. The number of rotatable bonds is 4. The van der Waals surface area contributed by atoms with Crippen molar-refractivity contribution >= 4 is 17.4 Å². The van der Waals surface area contributed by atoms with E-state index in [1.807, 2.05) is 43.3 Å². The van der Waals surface area contributed by atoms with Gasteiger partial charge in [0.05, 0.1) is 12.7 Å². The van der Waals surface area contributed by atoms with Crippen molar-refractivity contribution in [3.8, 4) is 5.06 Å². The molecule has 0 unspecified atom stereocenters. The molecule has 0 aliphatic carbocycles. The van der Waals surface area contributed by atoms with Crippen LogP contribution in [0.25, 0.3) is 0 Å². The lowest BCUT2D eigenvalue weighted by atomic mass is 9.85. The number of methoxy groups -OCH3 is 1. The minimum absolute atomic E-state index is 0.265. The van der Waals surface area contributed by atoms with Crippen LogP contribution in [0.15, 0.2) is 36.4 Å². The van der Waals surface area contributed by atoms with Crippen LogP contribution in [0.2, 0.25) is 0 Å². The summed E-state index contributed by atoms with van der Waals surface area (Å²) < 4.78 is 10.6. The summed E-state index contributed by atoms with van der Waals surface area (Å²) >= 11 is 1.53. The number of hydrogen-bond donors (Lipinski definition) is 1. The zero-order valence-corrected chi connectivity index (χ0v) is 15.3. The highest BCUT2D eigenvalue weighted by atomic mass is 32.1. The topological polar surface area (TPSA) is 59.0 Å². The minimum atomic E-state index is -0.909. The number of nitrogens with zero attached hydrogens (tertiary/aromatic N) is 1. The van der Waals surface area contributed by atoms with Crippen molar-refractivity contribution in [1.29, 1.82) is 0 Å². The summed E-state index contributed by atoms with van der Waals surface area (Å²) in [5.74, 6) is 0. The van der Waals surface area contributed by atoms with Crippen molar-refractivity contribution < 1.29 is 19.4 Å². The Labute approximate surface area is 151 Å². The lowest BCUT2D eigenvalue weighted by Gasteiger charge is -2.37. The smallest absolute Gasteiger partial charge is 0.410 e. The number of thiophene rings is 1. The molecule has 1 saturated heterocycles. The molecular weight excluding hydrogens is 338 g/mol. The molecule has 3 rings (SSSR count). The van der Waals surface area contributed by atoms with Gasteiger partial charge in [-0.2, -0.15) is 0 Å². The summed E-state index contributed by atoms with van der Waals surface area (Å²) in [6.07, 6.45) is 0.660. The molecule has 1 aromatic heterocycles. The first-order chi connectivity index (χ1) is 12.0. The molecule has 0 radical (unpaired) electrons. The van der Waals surface area contributed by atoms with Crippen molar-refractivity contribution in [3.05, 3.63) is 52.4 Å². The number of piperidine rings is 1. The highest BCUT2D eigenvalue weighted by Gasteiger charge is 2.38. The number of amides is 1. The molecule has 0 saturated carbocycles. The first-order valence-corrected chi connectivity index (χ1v) is 9.16. The molecule has 0 spiro atoms. The van der Waals surface area contributed by atoms with E-state index in [1.165, 1.54) is 11.3 Å². The van der Waals surface area contributed by atoms with E-state index in [0.717, 1.165) is 21.1 Å². The summed E-state index contributed by atoms with van der Waals surface area (Å²) in [5, 5.41) is 11.8. The Morgan fingerprint density at radius 1 is 1.28 bits per heavy atom. The second-order valence-electron chi connectivity index (χ2n) is 6.30. The van der Waals surface area contributed by atoms with Crippen LogP contribution in [0.5, 0.6) is 5.06 Å². The normalized spacial score (nSPS) is 16.5. The van der Waals surface area contributed by atoms with Crippen molar-refractivity contribution in [2.75, 3.05) is 20.2 Å².